The van der Waals surface area contributed by atoms with E-state index in [1.165, 1.54) is 0 Å². The highest BCUT2D eigenvalue weighted by atomic mass is 15.2. The van der Waals surface area contributed by atoms with E-state index in [0.717, 1.165) is 5.69 Å². The topological polar surface area (TPSA) is 105 Å². The molecule has 0 bridgehead atoms. The Hall–Kier alpha value is -1.54. The number of rotatable bonds is 3. The first-order valence-corrected chi connectivity index (χ1v) is 4.12. The van der Waals surface area contributed by atoms with Crippen LogP contribution in [0, 0.1) is 17.2 Å². The van der Waals surface area contributed by atoms with E-state index in [0.29, 0.717) is 24.4 Å². The number of aromatic amines is 1. The molecule has 1 heterocycles. The zero-order valence-electron chi connectivity index (χ0n) is 7.54. The Morgan fingerprint density at radius 3 is 2.92 bits per heavy atom. The second kappa shape index (κ2) is 3.92. The first kappa shape index (κ1) is 9.55. The lowest BCUT2D eigenvalue weighted by Crippen LogP contribution is -2.13. The molecule has 13 heavy (non-hydrogen) atoms. The molecule has 0 aromatic carbocycles. The Labute approximate surface area is 76.7 Å². The highest BCUT2D eigenvalue weighted by Gasteiger charge is 2.12. The fraction of sp³-hybridized carbons (Fsp3) is 0.500. The van der Waals surface area contributed by atoms with Crippen LogP contribution in [0.4, 0.5) is 5.82 Å². The minimum absolute atomic E-state index is 0.265. The summed E-state index contributed by atoms with van der Waals surface area (Å²) >= 11 is 0. The van der Waals surface area contributed by atoms with Gasteiger partial charge >= 0.3 is 0 Å². The first-order chi connectivity index (χ1) is 6.19. The maximum atomic E-state index is 8.75. The van der Waals surface area contributed by atoms with Crippen molar-refractivity contribution in [1.29, 1.82) is 5.26 Å². The van der Waals surface area contributed by atoms with E-state index in [9.17, 15) is 0 Å². The molecule has 5 heteroatoms. The molecule has 0 saturated carbocycles. The summed E-state index contributed by atoms with van der Waals surface area (Å²) in [6, 6.07) is 2.01. The van der Waals surface area contributed by atoms with Gasteiger partial charge in [-0.2, -0.15) is 10.4 Å². The van der Waals surface area contributed by atoms with Crippen molar-refractivity contribution in [2.75, 3.05) is 12.3 Å². The number of nitrogens with two attached hydrogens (primary N) is 2. The highest BCUT2D eigenvalue weighted by Crippen LogP contribution is 2.14. The van der Waals surface area contributed by atoms with Gasteiger partial charge in [-0.05, 0) is 18.9 Å². The summed E-state index contributed by atoms with van der Waals surface area (Å²) in [6.45, 7) is 2.60. The molecule has 1 aromatic rings. The van der Waals surface area contributed by atoms with Crippen LogP contribution in [0.5, 0.6) is 0 Å². The van der Waals surface area contributed by atoms with E-state index in [-0.39, 0.29) is 5.82 Å². The fourth-order valence-corrected chi connectivity index (χ4v) is 1.10. The molecule has 5 N–H and O–H groups in total. The van der Waals surface area contributed by atoms with Gasteiger partial charge in [0.15, 0.2) is 5.82 Å². The smallest absolute Gasteiger partial charge is 0.163 e. The van der Waals surface area contributed by atoms with Crippen molar-refractivity contribution in [2.24, 2.45) is 11.7 Å². The summed E-state index contributed by atoms with van der Waals surface area (Å²) in [5.74, 6) is 0.591. The van der Waals surface area contributed by atoms with Gasteiger partial charge in [0.05, 0.1) is 5.69 Å². The predicted molar refractivity (Wildman–Crippen MR) is 49.6 cm³/mol. The van der Waals surface area contributed by atoms with Crippen molar-refractivity contribution in [3.63, 3.8) is 0 Å². The minimum Gasteiger partial charge on any atom is -0.381 e. The van der Waals surface area contributed by atoms with E-state index in [2.05, 4.69) is 10.2 Å². The van der Waals surface area contributed by atoms with E-state index in [1.54, 1.807) is 0 Å². The molecule has 1 aromatic heterocycles. The number of hydrogen-bond acceptors (Lipinski definition) is 4. The molecule has 0 saturated heterocycles. The third-order valence-electron chi connectivity index (χ3n) is 1.94. The van der Waals surface area contributed by atoms with Crippen LogP contribution in [0.1, 0.15) is 18.2 Å². The van der Waals surface area contributed by atoms with Crippen molar-refractivity contribution in [2.45, 2.75) is 13.3 Å². The zero-order chi connectivity index (χ0) is 9.84. The normalized spacial score (nSPS) is 12.4. The van der Waals surface area contributed by atoms with Gasteiger partial charge in [0.1, 0.15) is 11.6 Å². The van der Waals surface area contributed by atoms with E-state index in [1.807, 2.05) is 13.0 Å². The second-order valence-corrected chi connectivity index (χ2v) is 3.12. The second-order valence-electron chi connectivity index (χ2n) is 3.12. The van der Waals surface area contributed by atoms with E-state index in [4.69, 9.17) is 16.7 Å². The average molecular weight is 179 g/mol. The molecule has 1 atom stereocenters. The van der Waals surface area contributed by atoms with Crippen LogP contribution in [0.3, 0.4) is 0 Å². The van der Waals surface area contributed by atoms with Gasteiger partial charge < -0.3 is 11.5 Å². The molecule has 70 valence electrons. The van der Waals surface area contributed by atoms with Crippen LogP contribution >= 0.6 is 0 Å². The monoisotopic (exact) mass is 179 g/mol. The van der Waals surface area contributed by atoms with E-state index >= 15 is 0 Å². The Morgan fingerprint density at radius 2 is 2.38 bits per heavy atom. The quantitative estimate of drug-likeness (QED) is 0.607. The van der Waals surface area contributed by atoms with Crippen molar-refractivity contribution in [3.05, 3.63) is 11.3 Å². The Kier molecular flexibility index (Phi) is 2.88. The van der Waals surface area contributed by atoms with Gasteiger partial charge in [-0.1, -0.05) is 6.92 Å². The Bertz CT molecular complexity index is 322. The standard InChI is InChI=1S/C8H13N5/c1-5(3-9)2-7-6(4-10)8(11)13-12-7/h5H,2-3,9H2,1H3,(H3,11,12,13). The lowest BCUT2D eigenvalue weighted by Gasteiger charge is -2.05. The number of nitrogens with zero attached hydrogens (tertiary/aromatic N) is 2. The third-order valence-corrected chi connectivity index (χ3v) is 1.94. The molecule has 0 aliphatic rings. The molecule has 0 aliphatic carbocycles. The van der Waals surface area contributed by atoms with Crippen LogP contribution in [-0.2, 0) is 6.42 Å². The first-order valence-electron chi connectivity index (χ1n) is 4.12. The Balaban J connectivity index is 2.84. The van der Waals surface area contributed by atoms with Gasteiger partial charge in [0.2, 0.25) is 0 Å². The summed E-state index contributed by atoms with van der Waals surface area (Å²) in [5, 5.41) is 15.3. The summed E-state index contributed by atoms with van der Waals surface area (Å²) in [7, 11) is 0. The summed E-state index contributed by atoms with van der Waals surface area (Å²) in [4.78, 5) is 0. The van der Waals surface area contributed by atoms with Crippen molar-refractivity contribution in [3.8, 4) is 6.07 Å². The lowest BCUT2D eigenvalue weighted by atomic mass is 10.0. The molecule has 0 amide bonds. The summed E-state index contributed by atoms with van der Waals surface area (Å²) < 4.78 is 0. The molecular weight excluding hydrogens is 166 g/mol. The highest BCUT2D eigenvalue weighted by molar-refractivity contribution is 5.50. The molecule has 0 radical (unpaired) electrons. The average Bonchev–Trinajstić information content (AvgIpc) is 2.46. The number of nitrogen functional groups attached to an aromatic ring is 1. The van der Waals surface area contributed by atoms with E-state index < -0.39 is 0 Å². The largest absolute Gasteiger partial charge is 0.381 e. The molecule has 1 unspecified atom stereocenters. The number of aromatic nitrogens is 2. The molecule has 0 spiro atoms. The summed E-state index contributed by atoms with van der Waals surface area (Å²) in [5.41, 5.74) is 12.2. The van der Waals surface area contributed by atoms with Gasteiger partial charge in [0, 0.05) is 0 Å². The fourth-order valence-electron chi connectivity index (χ4n) is 1.10. The number of nitrogens with one attached hydrogen (secondary N) is 1. The molecule has 0 fully saturated rings. The minimum atomic E-state index is 0.265. The molecule has 0 aliphatic heterocycles. The van der Waals surface area contributed by atoms with Crippen LogP contribution < -0.4 is 11.5 Å². The van der Waals surface area contributed by atoms with Crippen LogP contribution in [0.25, 0.3) is 0 Å². The SMILES string of the molecule is CC(CN)Cc1[nH]nc(N)c1C#N. The summed E-state index contributed by atoms with van der Waals surface area (Å²) in [6.07, 6.45) is 0.712. The van der Waals surface area contributed by atoms with Gasteiger partial charge in [-0.25, -0.2) is 0 Å². The van der Waals surface area contributed by atoms with Gasteiger partial charge in [-0.3, -0.25) is 5.10 Å². The number of H-pyrrole nitrogens is 1. The van der Waals surface area contributed by atoms with Crippen molar-refractivity contribution < 1.29 is 0 Å². The molecule has 1 rings (SSSR count). The lowest BCUT2D eigenvalue weighted by molar-refractivity contribution is 0.582. The van der Waals surface area contributed by atoms with Gasteiger partial charge in [-0.15, -0.1) is 0 Å². The number of hydrogen-bond donors (Lipinski definition) is 3. The van der Waals surface area contributed by atoms with Crippen molar-refractivity contribution >= 4 is 5.82 Å². The van der Waals surface area contributed by atoms with Crippen LogP contribution in [0.15, 0.2) is 0 Å². The predicted octanol–water partition coefficient (Wildman–Crippen LogP) is 0.000880. The zero-order valence-corrected chi connectivity index (χ0v) is 7.54. The number of nitriles is 1. The maximum Gasteiger partial charge on any atom is 0.163 e. The molecule has 5 nitrogen and oxygen atoms in total. The van der Waals surface area contributed by atoms with Crippen LogP contribution in [-0.4, -0.2) is 16.7 Å². The van der Waals surface area contributed by atoms with Crippen molar-refractivity contribution in [1.82, 2.24) is 10.2 Å². The Morgan fingerprint density at radius 1 is 1.69 bits per heavy atom. The maximum absolute atomic E-state index is 8.75. The van der Waals surface area contributed by atoms with Crippen LogP contribution in [0.2, 0.25) is 0 Å². The van der Waals surface area contributed by atoms with Gasteiger partial charge in [0.25, 0.3) is 0 Å². The number of anilines is 1. The third kappa shape index (κ3) is 1.98. The molecular formula is C8H13N5.